The lowest BCUT2D eigenvalue weighted by Gasteiger charge is -2.26. The summed E-state index contributed by atoms with van der Waals surface area (Å²) in [5.41, 5.74) is 1.38. The Hall–Kier alpha value is -3.37. The third-order valence-electron chi connectivity index (χ3n) is 5.23. The number of carbonyl (C=O) groups excluding carboxylic acids is 1. The van der Waals surface area contributed by atoms with Gasteiger partial charge in [-0.3, -0.25) is 4.79 Å². The highest BCUT2D eigenvalue weighted by Crippen LogP contribution is 2.23. The molecule has 1 aliphatic heterocycles. The molecule has 2 heterocycles. The Morgan fingerprint density at radius 2 is 1.78 bits per heavy atom. The fourth-order valence-electron chi connectivity index (χ4n) is 3.57. The molecule has 4 rings (SSSR count). The number of nitrogens with one attached hydrogen (secondary N) is 1. The van der Waals surface area contributed by atoms with Crippen LogP contribution in [0.2, 0.25) is 0 Å². The number of tetrazole rings is 1. The van der Waals surface area contributed by atoms with Gasteiger partial charge in [0, 0.05) is 18.8 Å². The van der Waals surface area contributed by atoms with Crippen molar-refractivity contribution >= 4 is 33.4 Å². The van der Waals surface area contributed by atoms with Crippen molar-refractivity contribution in [3.63, 3.8) is 0 Å². The lowest BCUT2D eigenvalue weighted by Crippen LogP contribution is -2.35. The number of nitrogens with zero attached hydrogens (tertiary/aromatic N) is 5. The van der Waals surface area contributed by atoms with Gasteiger partial charge in [0.1, 0.15) is 5.70 Å². The van der Waals surface area contributed by atoms with Crippen LogP contribution in [-0.4, -0.2) is 51.9 Å². The summed E-state index contributed by atoms with van der Waals surface area (Å²) in [5.74, 6) is -0.0134. The van der Waals surface area contributed by atoms with E-state index >= 15 is 0 Å². The molecule has 0 unspecified atom stereocenters. The summed E-state index contributed by atoms with van der Waals surface area (Å²) in [4.78, 5) is 13.3. The molecule has 0 saturated carbocycles. The van der Waals surface area contributed by atoms with E-state index in [9.17, 15) is 13.2 Å². The van der Waals surface area contributed by atoms with Crippen LogP contribution in [0.1, 0.15) is 30.7 Å². The molecule has 1 N–H and O–H groups in total. The van der Waals surface area contributed by atoms with Crippen molar-refractivity contribution in [3.8, 4) is 0 Å². The van der Waals surface area contributed by atoms with Crippen LogP contribution in [0.5, 0.6) is 0 Å². The van der Waals surface area contributed by atoms with Gasteiger partial charge in [0.15, 0.2) is 5.82 Å². The van der Waals surface area contributed by atoms with Gasteiger partial charge in [-0.05, 0) is 60.0 Å². The highest BCUT2D eigenvalue weighted by molar-refractivity contribution is 7.89. The highest BCUT2D eigenvalue weighted by Gasteiger charge is 2.26. The molecule has 1 amide bonds. The molecule has 2 aromatic carbocycles. The smallest absolute Gasteiger partial charge is 0.274 e. The van der Waals surface area contributed by atoms with E-state index in [-0.39, 0.29) is 10.6 Å². The van der Waals surface area contributed by atoms with Crippen LogP contribution >= 0.6 is 0 Å². The second-order valence-electron chi connectivity index (χ2n) is 7.52. The summed E-state index contributed by atoms with van der Waals surface area (Å²) >= 11 is 0. The van der Waals surface area contributed by atoms with Gasteiger partial charge in [0.2, 0.25) is 10.0 Å². The van der Waals surface area contributed by atoms with Gasteiger partial charge in [-0.15, -0.1) is 5.10 Å². The Bertz CT molecular complexity index is 1230. The molecule has 0 spiro atoms. The van der Waals surface area contributed by atoms with Crippen LogP contribution in [0.4, 0.5) is 5.69 Å². The molecular weight excluding hydrogens is 428 g/mol. The third-order valence-corrected chi connectivity index (χ3v) is 7.13. The Kier molecular flexibility index (Phi) is 6.42. The van der Waals surface area contributed by atoms with Crippen molar-refractivity contribution in [1.82, 2.24) is 24.5 Å². The Morgan fingerprint density at radius 3 is 2.47 bits per heavy atom. The molecule has 166 valence electrons. The molecule has 0 atom stereocenters. The average Bonchev–Trinajstić information content (AvgIpc) is 3.24. The molecule has 0 radical (unpaired) electrons. The number of hydrogen-bond acceptors (Lipinski definition) is 6. The zero-order chi connectivity index (χ0) is 22.6. The first-order chi connectivity index (χ1) is 15.4. The molecule has 1 saturated heterocycles. The van der Waals surface area contributed by atoms with Gasteiger partial charge in [-0.2, -0.15) is 8.99 Å². The maximum Gasteiger partial charge on any atom is 0.274 e. The van der Waals surface area contributed by atoms with Gasteiger partial charge < -0.3 is 5.32 Å². The second-order valence-corrected chi connectivity index (χ2v) is 9.46. The topological polar surface area (TPSA) is 110 Å². The summed E-state index contributed by atoms with van der Waals surface area (Å²) in [5, 5.41) is 14.2. The van der Waals surface area contributed by atoms with E-state index < -0.39 is 15.9 Å². The minimum atomic E-state index is -3.61. The predicted molar refractivity (Wildman–Crippen MR) is 121 cm³/mol. The number of sulfonamides is 1. The first kappa shape index (κ1) is 21.8. The van der Waals surface area contributed by atoms with E-state index in [2.05, 4.69) is 20.8 Å². The van der Waals surface area contributed by atoms with Gasteiger partial charge in [-0.25, -0.2) is 8.42 Å². The van der Waals surface area contributed by atoms with Crippen LogP contribution < -0.4 is 5.32 Å². The van der Waals surface area contributed by atoms with Crippen LogP contribution in [0, 0.1) is 6.92 Å². The first-order valence-corrected chi connectivity index (χ1v) is 11.8. The number of piperidine rings is 1. The van der Waals surface area contributed by atoms with Gasteiger partial charge >= 0.3 is 0 Å². The number of aryl methyl sites for hydroxylation is 1. The van der Waals surface area contributed by atoms with Crippen LogP contribution in [0.3, 0.4) is 0 Å². The molecule has 0 bridgehead atoms. The first-order valence-electron chi connectivity index (χ1n) is 10.4. The Labute approximate surface area is 186 Å². The predicted octanol–water partition coefficient (Wildman–Crippen LogP) is 2.79. The lowest BCUT2D eigenvalue weighted by atomic mass is 10.2. The Balaban J connectivity index is 1.62. The van der Waals surface area contributed by atoms with Crippen LogP contribution in [0.15, 0.2) is 59.5 Å². The zero-order valence-electron chi connectivity index (χ0n) is 17.7. The second kappa shape index (κ2) is 9.41. The van der Waals surface area contributed by atoms with E-state index in [0.717, 1.165) is 24.8 Å². The van der Waals surface area contributed by atoms with E-state index in [4.69, 9.17) is 0 Å². The maximum atomic E-state index is 13.2. The van der Waals surface area contributed by atoms with E-state index in [0.29, 0.717) is 24.6 Å². The molecule has 32 heavy (non-hydrogen) atoms. The van der Waals surface area contributed by atoms with E-state index in [1.54, 1.807) is 31.2 Å². The molecule has 9 nitrogen and oxygen atoms in total. The number of rotatable bonds is 6. The molecular formula is C22H24N6O3S. The van der Waals surface area contributed by atoms with Crippen molar-refractivity contribution < 1.29 is 13.2 Å². The zero-order valence-corrected chi connectivity index (χ0v) is 18.5. The highest BCUT2D eigenvalue weighted by atomic mass is 32.2. The molecule has 1 fully saturated rings. The SMILES string of the molecule is Cc1nnnn1C(=Cc1ccccc1)C(=O)Nc1cccc(S(=O)(=O)N2CCCCC2)c1. The quantitative estimate of drug-likeness (QED) is 0.576. The number of carbonyl (C=O) groups is 1. The number of amides is 1. The number of anilines is 1. The third kappa shape index (κ3) is 4.76. The van der Waals surface area contributed by atoms with Crippen LogP contribution in [-0.2, 0) is 14.8 Å². The lowest BCUT2D eigenvalue weighted by molar-refractivity contribution is -0.111. The Morgan fingerprint density at radius 1 is 1.03 bits per heavy atom. The van der Waals surface area contributed by atoms with Crippen molar-refractivity contribution in [2.45, 2.75) is 31.1 Å². The van der Waals surface area contributed by atoms with Crippen molar-refractivity contribution in [3.05, 3.63) is 66.0 Å². The number of hydrogen-bond donors (Lipinski definition) is 1. The molecule has 3 aromatic rings. The summed E-state index contributed by atoms with van der Waals surface area (Å²) in [6.45, 7) is 2.72. The number of aromatic nitrogens is 4. The van der Waals surface area contributed by atoms with Crippen molar-refractivity contribution in [2.24, 2.45) is 0 Å². The van der Waals surface area contributed by atoms with Gasteiger partial charge in [0.05, 0.1) is 4.90 Å². The normalized spacial score (nSPS) is 15.5. The standard InChI is InChI=1S/C22H24N6O3S/c1-17-24-25-26-28(17)21(15-18-9-4-2-5-10-18)22(29)23-19-11-8-12-20(16-19)32(30,31)27-13-6-3-7-14-27/h2,4-5,8-12,15-16H,3,6-7,13-14H2,1H3,(H,23,29). The van der Waals surface area contributed by atoms with Gasteiger partial charge in [-0.1, -0.05) is 42.8 Å². The average molecular weight is 453 g/mol. The largest absolute Gasteiger partial charge is 0.321 e. The monoisotopic (exact) mass is 452 g/mol. The van der Waals surface area contributed by atoms with E-state index in [1.165, 1.54) is 15.1 Å². The minimum absolute atomic E-state index is 0.157. The van der Waals surface area contributed by atoms with E-state index in [1.807, 2.05) is 30.3 Å². The molecule has 1 aromatic heterocycles. The molecule has 0 aliphatic carbocycles. The molecule has 10 heteroatoms. The molecule has 1 aliphatic rings. The fraction of sp³-hybridized carbons (Fsp3) is 0.273. The van der Waals surface area contributed by atoms with Crippen LogP contribution in [0.25, 0.3) is 11.8 Å². The maximum absolute atomic E-state index is 13.2. The van der Waals surface area contributed by atoms with Gasteiger partial charge in [0.25, 0.3) is 5.91 Å². The van der Waals surface area contributed by atoms with Crippen molar-refractivity contribution in [1.29, 1.82) is 0 Å². The summed E-state index contributed by atoms with van der Waals surface area (Å²) in [6, 6.07) is 15.6. The summed E-state index contributed by atoms with van der Waals surface area (Å²) in [7, 11) is -3.61. The number of benzene rings is 2. The summed E-state index contributed by atoms with van der Waals surface area (Å²) < 4.78 is 28.9. The van der Waals surface area contributed by atoms with Crippen molar-refractivity contribution in [2.75, 3.05) is 18.4 Å². The fourth-order valence-corrected chi connectivity index (χ4v) is 5.13. The summed E-state index contributed by atoms with van der Waals surface area (Å²) in [6.07, 6.45) is 4.42. The minimum Gasteiger partial charge on any atom is -0.321 e.